The van der Waals surface area contributed by atoms with Crippen molar-refractivity contribution in [2.24, 2.45) is 5.92 Å². The first-order valence-corrected chi connectivity index (χ1v) is 12.0. The average molecular weight is 466 g/mol. The fraction of sp³-hybridized carbons (Fsp3) is 0.316. The second-order valence-corrected chi connectivity index (χ2v) is 10.3. The Hall–Kier alpha value is -1.48. The lowest BCUT2D eigenvalue weighted by molar-refractivity contribution is 0.402. The van der Waals surface area contributed by atoms with Gasteiger partial charge in [0.25, 0.3) is 0 Å². The van der Waals surface area contributed by atoms with E-state index >= 15 is 0 Å². The van der Waals surface area contributed by atoms with Gasteiger partial charge in [-0.15, -0.1) is 0 Å². The highest BCUT2D eigenvalue weighted by Crippen LogP contribution is 2.31. The first-order valence-electron chi connectivity index (χ1n) is 8.88. The maximum Gasteiger partial charge on any atom is 0.241 e. The van der Waals surface area contributed by atoms with Crippen LogP contribution in [0.2, 0.25) is 0 Å². The Morgan fingerprint density at radius 3 is 2.56 bits per heavy atom. The molecule has 2 aromatic carbocycles. The summed E-state index contributed by atoms with van der Waals surface area (Å²) in [5.41, 5.74) is 1.04. The number of thiazole rings is 1. The van der Waals surface area contributed by atoms with Crippen molar-refractivity contribution in [3.05, 3.63) is 53.0 Å². The van der Waals surface area contributed by atoms with Crippen LogP contribution in [-0.4, -0.2) is 33.0 Å². The predicted octanol–water partition coefficient (Wildman–Crippen LogP) is 4.25. The summed E-state index contributed by atoms with van der Waals surface area (Å²) in [5.74, 6) is 0.341. The topological polar surface area (TPSA) is 62.3 Å². The van der Waals surface area contributed by atoms with Gasteiger partial charge in [0.1, 0.15) is 0 Å². The van der Waals surface area contributed by atoms with E-state index in [1.54, 1.807) is 35.6 Å². The summed E-state index contributed by atoms with van der Waals surface area (Å²) >= 11 is 5.03. The third kappa shape index (κ3) is 4.18. The van der Waals surface area contributed by atoms with Crippen LogP contribution in [-0.2, 0) is 10.0 Å². The number of nitrogens with one attached hydrogen (secondary N) is 1. The van der Waals surface area contributed by atoms with E-state index in [0.29, 0.717) is 16.9 Å². The fourth-order valence-corrected chi connectivity index (χ4v) is 6.43. The molecule has 8 heteroatoms. The Bertz CT molecular complexity index is 1010. The molecule has 142 valence electrons. The minimum absolute atomic E-state index is 0.289. The first kappa shape index (κ1) is 18.9. The van der Waals surface area contributed by atoms with E-state index in [-0.39, 0.29) is 4.90 Å². The molecule has 0 saturated carbocycles. The van der Waals surface area contributed by atoms with Crippen LogP contribution in [0.1, 0.15) is 12.8 Å². The largest absolute Gasteiger partial charge is 0.348 e. The molecular weight excluding hydrogens is 446 g/mol. The molecule has 1 N–H and O–H groups in total. The van der Waals surface area contributed by atoms with Gasteiger partial charge in [0, 0.05) is 24.1 Å². The molecule has 4 rings (SSSR count). The number of anilines is 1. The van der Waals surface area contributed by atoms with Gasteiger partial charge in [0.15, 0.2) is 5.13 Å². The minimum Gasteiger partial charge on any atom is -0.348 e. The lowest BCUT2D eigenvalue weighted by Crippen LogP contribution is -2.38. The van der Waals surface area contributed by atoms with Crippen molar-refractivity contribution in [3.8, 4) is 0 Å². The molecule has 1 aliphatic rings. The summed E-state index contributed by atoms with van der Waals surface area (Å²) in [6.07, 6.45) is 1.91. The van der Waals surface area contributed by atoms with Crippen LogP contribution in [0.15, 0.2) is 57.9 Å². The Kier molecular flexibility index (Phi) is 5.50. The zero-order valence-electron chi connectivity index (χ0n) is 14.6. The van der Waals surface area contributed by atoms with Gasteiger partial charge in [0.2, 0.25) is 10.0 Å². The maximum atomic E-state index is 12.5. The summed E-state index contributed by atoms with van der Waals surface area (Å²) in [6.45, 7) is 2.28. The van der Waals surface area contributed by atoms with Crippen molar-refractivity contribution in [1.29, 1.82) is 0 Å². The highest BCUT2D eigenvalue weighted by Gasteiger charge is 2.24. The zero-order chi connectivity index (χ0) is 18.9. The second-order valence-electron chi connectivity index (χ2n) is 6.68. The van der Waals surface area contributed by atoms with Crippen molar-refractivity contribution in [2.45, 2.75) is 17.7 Å². The Balaban J connectivity index is 1.35. The molecule has 0 atom stereocenters. The Morgan fingerprint density at radius 2 is 1.81 bits per heavy atom. The van der Waals surface area contributed by atoms with Crippen molar-refractivity contribution < 1.29 is 8.42 Å². The average Bonchev–Trinajstić information content (AvgIpc) is 3.11. The summed E-state index contributed by atoms with van der Waals surface area (Å²) in [4.78, 5) is 7.32. The van der Waals surface area contributed by atoms with E-state index in [0.717, 1.165) is 36.6 Å². The monoisotopic (exact) mass is 465 g/mol. The first-order chi connectivity index (χ1) is 13.0. The molecular formula is C19H20BrN3O2S2. The summed E-state index contributed by atoms with van der Waals surface area (Å²) in [7, 11) is -3.49. The highest BCUT2D eigenvalue weighted by atomic mass is 79.9. The third-order valence-corrected chi connectivity index (χ3v) is 8.39. The van der Waals surface area contributed by atoms with E-state index < -0.39 is 10.0 Å². The van der Waals surface area contributed by atoms with Crippen LogP contribution in [0.4, 0.5) is 5.13 Å². The molecule has 1 saturated heterocycles. The normalized spacial score (nSPS) is 16.1. The van der Waals surface area contributed by atoms with Crippen LogP contribution >= 0.6 is 27.3 Å². The van der Waals surface area contributed by atoms with Crippen molar-refractivity contribution in [1.82, 2.24) is 9.71 Å². The van der Waals surface area contributed by atoms with Crippen LogP contribution < -0.4 is 9.62 Å². The number of aromatic nitrogens is 1. The third-order valence-electron chi connectivity index (χ3n) is 4.86. The van der Waals surface area contributed by atoms with Gasteiger partial charge in [-0.25, -0.2) is 18.1 Å². The van der Waals surface area contributed by atoms with E-state index in [1.165, 1.54) is 4.70 Å². The second kappa shape index (κ2) is 7.87. The fourth-order valence-electron chi connectivity index (χ4n) is 3.29. The number of sulfonamides is 1. The number of hydrogen-bond acceptors (Lipinski definition) is 5. The van der Waals surface area contributed by atoms with Crippen LogP contribution in [0, 0.1) is 5.92 Å². The summed E-state index contributed by atoms with van der Waals surface area (Å²) in [5, 5.41) is 1.06. The number of benzene rings is 2. The van der Waals surface area contributed by atoms with Gasteiger partial charge < -0.3 is 4.90 Å². The predicted molar refractivity (Wildman–Crippen MR) is 114 cm³/mol. The van der Waals surface area contributed by atoms with Crippen LogP contribution in [0.25, 0.3) is 10.2 Å². The lowest BCUT2D eigenvalue weighted by atomic mass is 9.97. The molecule has 0 amide bonds. The van der Waals surface area contributed by atoms with Gasteiger partial charge in [-0.2, -0.15) is 0 Å². The van der Waals surface area contributed by atoms with Gasteiger partial charge in [0.05, 0.1) is 15.1 Å². The summed E-state index contributed by atoms with van der Waals surface area (Å²) < 4.78 is 29.6. The van der Waals surface area contributed by atoms with E-state index in [9.17, 15) is 8.42 Å². The number of piperidine rings is 1. The molecule has 1 fully saturated rings. The Labute approximate surface area is 171 Å². The SMILES string of the molecule is O=S(=O)(NCC1CCN(c2nc3ccccc3s2)CC1)c1ccccc1Br. The molecule has 3 aromatic rings. The zero-order valence-corrected chi connectivity index (χ0v) is 17.9. The molecule has 0 bridgehead atoms. The number of hydrogen-bond donors (Lipinski definition) is 1. The van der Waals surface area contributed by atoms with E-state index in [1.807, 2.05) is 18.2 Å². The van der Waals surface area contributed by atoms with E-state index in [4.69, 9.17) is 4.98 Å². The molecule has 1 aromatic heterocycles. The molecule has 2 heterocycles. The molecule has 0 spiro atoms. The maximum absolute atomic E-state index is 12.5. The van der Waals surface area contributed by atoms with Crippen molar-refractivity contribution >= 4 is 52.6 Å². The van der Waals surface area contributed by atoms with Crippen molar-refractivity contribution in [3.63, 3.8) is 0 Å². The molecule has 27 heavy (non-hydrogen) atoms. The highest BCUT2D eigenvalue weighted by molar-refractivity contribution is 9.10. The molecule has 0 aliphatic carbocycles. The van der Waals surface area contributed by atoms with Gasteiger partial charge >= 0.3 is 0 Å². The summed E-state index contributed by atoms with van der Waals surface area (Å²) in [6, 6.07) is 15.1. The van der Waals surface area contributed by atoms with Gasteiger partial charge in [-0.3, -0.25) is 0 Å². The van der Waals surface area contributed by atoms with Crippen molar-refractivity contribution in [2.75, 3.05) is 24.5 Å². The van der Waals surface area contributed by atoms with Crippen LogP contribution in [0.3, 0.4) is 0 Å². The molecule has 0 unspecified atom stereocenters. The quantitative estimate of drug-likeness (QED) is 0.611. The molecule has 1 aliphatic heterocycles. The van der Waals surface area contributed by atoms with Gasteiger partial charge in [-0.05, 0) is 59.0 Å². The molecule has 5 nitrogen and oxygen atoms in total. The molecule has 0 radical (unpaired) electrons. The number of para-hydroxylation sites is 1. The smallest absolute Gasteiger partial charge is 0.241 e. The van der Waals surface area contributed by atoms with Crippen LogP contribution in [0.5, 0.6) is 0 Å². The number of rotatable bonds is 5. The lowest BCUT2D eigenvalue weighted by Gasteiger charge is -2.31. The number of halogens is 1. The number of nitrogens with zero attached hydrogens (tertiary/aromatic N) is 2. The minimum atomic E-state index is -3.49. The van der Waals surface area contributed by atoms with E-state index in [2.05, 4.69) is 31.6 Å². The number of fused-ring (bicyclic) bond motifs is 1. The Morgan fingerprint density at radius 1 is 1.11 bits per heavy atom. The standard InChI is InChI=1S/C19H20BrN3O2S2/c20-15-5-1-4-8-18(15)27(24,25)21-13-14-9-11-23(12-10-14)19-22-16-6-2-3-7-17(16)26-19/h1-8,14,21H,9-13H2. The van der Waals surface area contributed by atoms with Gasteiger partial charge in [-0.1, -0.05) is 35.6 Å².